The number of fused-ring (bicyclic) bond motifs is 2. The molecule has 7 nitrogen and oxygen atoms in total. The molecule has 1 saturated heterocycles. The van der Waals surface area contributed by atoms with E-state index < -0.39 is 5.66 Å². The molecule has 2 aromatic carbocycles. The van der Waals surface area contributed by atoms with E-state index in [0.29, 0.717) is 37.2 Å². The van der Waals surface area contributed by atoms with Crippen molar-refractivity contribution in [2.45, 2.75) is 23.7 Å². The summed E-state index contributed by atoms with van der Waals surface area (Å²) in [5.74, 6) is 0.401. The van der Waals surface area contributed by atoms with Gasteiger partial charge in [-0.2, -0.15) is 0 Å². The van der Waals surface area contributed by atoms with Gasteiger partial charge in [0.15, 0.2) is 5.16 Å². The predicted octanol–water partition coefficient (Wildman–Crippen LogP) is 2.84. The molecule has 2 amide bonds. The second-order valence-electron chi connectivity index (χ2n) is 7.82. The van der Waals surface area contributed by atoms with Gasteiger partial charge in [-0.15, -0.1) is 0 Å². The molecule has 2 aliphatic heterocycles. The zero-order chi connectivity index (χ0) is 20.7. The van der Waals surface area contributed by atoms with Crippen LogP contribution in [0.15, 0.2) is 53.7 Å². The predicted molar refractivity (Wildman–Crippen MR) is 118 cm³/mol. The number of hydrogen-bond acceptors (Lipinski definition) is 5. The third-order valence-electron chi connectivity index (χ3n) is 5.94. The maximum Gasteiger partial charge on any atom is 0.255 e. The number of piperidine rings is 1. The Morgan fingerprint density at radius 3 is 2.63 bits per heavy atom. The number of carbonyl (C=O) groups is 2. The van der Waals surface area contributed by atoms with Crippen molar-refractivity contribution in [3.8, 4) is 0 Å². The second-order valence-corrected chi connectivity index (χ2v) is 8.76. The number of thioether (sulfide) groups is 1. The summed E-state index contributed by atoms with van der Waals surface area (Å²) in [6.07, 6.45) is 1.35. The summed E-state index contributed by atoms with van der Waals surface area (Å²) >= 11 is 1.47. The number of imidazole rings is 1. The molecule has 154 valence electrons. The fourth-order valence-corrected chi connectivity index (χ4v) is 5.11. The first-order valence-electron chi connectivity index (χ1n) is 10.1. The normalized spacial score (nSPS) is 17.5. The first-order chi connectivity index (χ1) is 14.5. The minimum absolute atomic E-state index is 0.0541. The van der Waals surface area contributed by atoms with Gasteiger partial charge in [0.05, 0.1) is 22.3 Å². The van der Waals surface area contributed by atoms with E-state index in [2.05, 4.69) is 15.6 Å². The smallest absolute Gasteiger partial charge is 0.255 e. The molecule has 1 aromatic heterocycles. The average molecular weight is 422 g/mol. The molecular weight excluding hydrogens is 398 g/mol. The minimum atomic E-state index is -0.479. The van der Waals surface area contributed by atoms with Gasteiger partial charge in [-0.1, -0.05) is 36.0 Å². The molecule has 0 saturated carbocycles. The van der Waals surface area contributed by atoms with E-state index in [9.17, 15) is 9.59 Å². The molecule has 1 fully saturated rings. The van der Waals surface area contributed by atoms with E-state index in [1.807, 2.05) is 65.0 Å². The van der Waals surface area contributed by atoms with E-state index in [1.54, 1.807) is 0 Å². The summed E-state index contributed by atoms with van der Waals surface area (Å²) in [6, 6.07) is 15.5. The number of anilines is 1. The van der Waals surface area contributed by atoms with Crippen LogP contribution in [0.1, 0.15) is 23.2 Å². The van der Waals surface area contributed by atoms with Crippen molar-refractivity contribution < 1.29 is 9.59 Å². The van der Waals surface area contributed by atoms with E-state index in [-0.39, 0.29) is 11.8 Å². The minimum Gasteiger partial charge on any atom is -0.362 e. The highest BCUT2D eigenvalue weighted by molar-refractivity contribution is 7.99. The number of rotatable bonds is 3. The van der Waals surface area contributed by atoms with Crippen LogP contribution < -0.4 is 10.6 Å². The van der Waals surface area contributed by atoms with Crippen LogP contribution in [0.2, 0.25) is 0 Å². The molecule has 0 atom stereocenters. The maximum atomic E-state index is 12.8. The highest BCUT2D eigenvalue weighted by Crippen LogP contribution is 2.31. The first kappa shape index (κ1) is 19.0. The van der Waals surface area contributed by atoms with Crippen molar-refractivity contribution in [3.05, 3.63) is 54.1 Å². The molecule has 5 rings (SSSR count). The van der Waals surface area contributed by atoms with Crippen molar-refractivity contribution in [1.29, 1.82) is 0 Å². The van der Waals surface area contributed by atoms with Crippen molar-refractivity contribution in [3.63, 3.8) is 0 Å². The van der Waals surface area contributed by atoms with Gasteiger partial charge in [-0.25, -0.2) is 4.98 Å². The number of nitrogens with one attached hydrogen (secondary N) is 2. The Bertz CT molecular complexity index is 1130. The number of aryl methyl sites for hydroxylation is 1. The Kier molecular flexibility index (Phi) is 4.66. The molecule has 8 heteroatoms. The summed E-state index contributed by atoms with van der Waals surface area (Å²) in [7, 11) is 1.97. The van der Waals surface area contributed by atoms with E-state index in [0.717, 1.165) is 21.9 Å². The average Bonchev–Trinajstić information content (AvgIpc) is 3.08. The fraction of sp³-hybridized carbons (Fsp3) is 0.318. The van der Waals surface area contributed by atoms with Crippen molar-refractivity contribution >= 4 is 40.3 Å². The highest BCUT2D eigenvalue weighted by Gasteiger charge is 2.40. The van der Waals surface area contributed by atoms with Crippen molar-refractivity contribution in [2.24, 2.45) is 7.05 Å². The standard InChI is InChI=1S/C22H23N5O2S/c1-26-18-9-5-4-8-17(18)23-21(26)30-14-19(28)27-12-10-22(11-13-27)24-16-7-3-2-6-15(16)20(29)25-22/h2-9,24H,10-14H2,1H3,(H,25,29). The maximum absolute atomic E-state index is 12.8. The molecule has 2 aliphatic rings. The van der Waals surface area contributed by atoms with Crippen LogP contribution in [-0.2, 0) is 11.8 Å². The summed E-state index contributed by atoms with van der Waals surface area (Å²) < 4.78 is 2.03. The van der Waals surface area contributed by atoms with Gasteiger partial charge < -0.3 is 20.1 Å². The van der Waals surface area contributed by atoms with Gasteiger partial charge in [-0.05, 0) is 24.3 Å². The van der Waals surface area contributed by atoms with Crippen LogP contribution in [0.4, 0.5) is 5.69 Å². The lowest BCUT2D eigenvalue weighted by molar-refractivity contribution is -0.129. The zero-order valence-corrected chi connectivity index (χ0v) is 17.5. The second kappa shape index (κ2) is 7.36. The lowest BCUT2D eigenvalue weighted by Gasteiger charge is -2.45. The Balaban J connectivity index is 1.21. The van der Waals surface area contributed by atoms with Crippen LogP contribution in [0.25, 0.3) is 11.0 Å². The Morgan fingerprint density at radius 2 is 1.83 bits per heavy atom. The van der Waals surface area contributed by atoms with Crippen LogP contribution in [-0.4, -0.2) is 50.8 Å². The van der Waals surface area contributed by atoms with E-state index >= 15 is 0 Å². The van der Waals surface area contributed by atoms with Gasteiger partial charge in [0.2, 0.25) is 5.91 Å². The molecule has 0 aliphatic carbocycles. The summed E-state index contributed by atoms with van der Waals surface area (Å²) in [5.41, 5.74) is 3.05. The van der Waals surface area contributed by atoms with Crippen LogP contribution in [0.3, 0.4) is 0 Å². The van der Waals surface area contributed by atoms with Crippen LogP contribution in [0.5, 0.6) is 0 Å². The van der Waals surface area contributed by atoms with Gasteiger partial charge in [-0.3, -0.25) is 9.59 Å². The number of amides is 2. The number of hydrogen-bond donors (Lipinski definition) is 2. The van der Waals surface area contributed by atoms with E-state index in [4.69, 9.17) is 0 Å². The third kappa shape index (κ3) is 3.31. The quantitative estimate of drug-likeness (QED) is 0.636. The Morgan fingerprint density at radius 1 is 1.10 bits per heavy atom. The van der Waals surface area contributed by atoms with Crippen molar-refractivity contribution in [1.82, 2.24) is 19.8 Å². The lowest BCUT2D eigenvalue weighted by Crippen LogP contribution is -2.62. The third-order valence-corrected chi connectivity index (χ3v) is 6.95. The molecule has 0 bridgehead atoms. The molecular formula is C22H23N5O2S. The van der Waals surface area contributed by atoms with Crippen LogP contribution >= 0.6 is 11.8 Å². The SMILES string of the molecule is Cn1c(SCC(=O)N2CCC3(CC2)NC(=O)c2ccccc2N3)nc2ccccc21. The highest BCUT2D eigenvalue weighted by atomic mass is 32.2. The zero-order valence-electron chi connectivity index (χ0n) is 16.7. The number of aromatic nitrogens is 2. The summed E-state index contributed by atoms with van der Waals surface area (Å²) in [5, 5.41) is 7.46. The van der Waals surface area contributed by atoms with Crippen LogP contribution in [0, 0.1) is 0 Å². The van der Waals surface area contributed by atoms with Crippen molar-refractivity contribution in [2.75, 3.05) is 24.2 Å². The molecule has 3 heterocycles. The molecule has 30 heavy (non-hydrogen) atoms. The first-order valence-corrected chi connectivity index (χ1v) is 11.0. The molecule has 0 radical (unpaired) electrons. The Labute approximate surface area is 178 Å². The van der Waals surface area contributed by atoms with Gasteiger partial charge >= 0.3 is 0 Å². The largest absolute Gasteiger partial charge is 0.362 e. The molecule has 3 aromatic rings. The molecule has 1 spiro atoms. The summed E-state index contributed by atoms with van der Waals surface area (Å²) in [4.78, 5) is 31.8. The fourth-order valence-electron chi connectivity index (χ4n) is 4.22. The number of likely N-dealkylation sites (tertiary alicyclic amines) is 1. The van der Waals surface area contributed by atoms with Gasteiger partial charge in [0.1, 0.15) is 5.66 Å². The monoisotopic (exact) mass is 421 g/mol. The Hall–Kier alpha value is -3.00. The van der Waals surface area contributed by atoms with Gasteiger partial charge in [0, 0.05) is 38.7 Å². The number of nitrogens with zero attached hydrogens (tertiary/aromatic N) is 3. The molecule has 0 unspecified atom stereocenters. The number of benzene rings is 2. The van der Waals surface area contributed by atoms with Gasteiger partial charge in [0.25, 0.3) is 5.91 Å². The number of para-hydroxylation sites is 3. The van der Waals surface area contributed by atoms with E-state index in [1.165, 1.54) is 11.8 Å². The lowest BCUT2D eigenvalue weighted by atomic mass is 9.92. The number of carbonyl (C=O) groups excluding carboxylic acids is 2. The summed E-state index contributed by atoms with van der Waals surface area (Å²) in [6.45, 7) is 1.22. The topological polar surface area (TPSA) is 79.3 Å². The molecule has 2 N–H and O–H groups in total.